The molecule has 0 unspecified atom stereocenters. The van der Waals surface area contributed by atoms with Gasteiger partial charge < -0.3 is 4.57 Å². The largest absolute Gasteiger partial charge is 0.319 e. The Morgan fingerprint density at radius 2 is 1.96 bits per heavy atom. The van der Waals surface area contributed by atoms with E-state index in [1.165, 1.54) is 8.87 Å². The molecule has 136 valence electrons. The van der Waals surface area contributed by atoms with Gasteiger partial charge in [0.1, 0.15) is 4.90 Å². The summed E-state index contributed by atoms with van der Waals surface area (Å²) in [6.45, 7) is 5.21. The van der Waals surface area contributed by atoms with Crippen molar-refractivity contribution in [3.05, 3.63) is 46.1 Å². The summed E-state index contributed by atoms with van der Waals surface area (Å²) in [4.78, 5) is 12.1. The number of pyridine rings is 1. The fourth-order valence-corrected chi connectivity index (χ4v) is 4.94. The van der Waals surface area contributed by atoms with E-state index < -0.39 is 10.0 Å². The molecule has 0 spiro atoms. The van der Waals surface area contributed by atoms with Crippen LogP contribution in [-0.4, -0.2) is 40.2 Å². The van der Waals surface area contributed by atoms with Crippen molar-refractivity contribution in [2.24, 2.45) is 7.05 Å². The van der Waals surface area contributed by atoms with Crippen LogP contribution in [0.4, 0.5) is 0 Å². The molecule has 7 nitrogen and oxygen atoms in total. The number of hydrogen-bond donors (Lipinski definition) is 0. The topological polar surface area (TPSA) is 77.2 Å². The Bertz CT molecular complexity index is 922. The molecule has 1 fully saturated rings. The second-order valence-corrected chi connectivity index (χ2v) is 8.43. The van der Waals surface area contributed by atoms with Crippen molar-refractivity contribution >= 4 is 10.0 Å². The van der Waals surface area contributed by atoms with Crippen LogP contribution < -0.4 is 5.56 Å². The number of piperidine rings is 1. The Kier molecular flexibility index (Phi) is 4.83. The van der Waals surface area contributed by atoms with Gasteiger partial charge in [0, 0.05) is 45.1 Å². The van der Waals surface area contributed by atoms with Gasteiger partial charge in [0.05, 0.1) is 5.69 Å². The molecule has 0 atom stereocenters. The van der Waals surface area contributed by atoms with Crippen LogP contribution in [0.1, 0.15) is 36.9 Å². The maximum absolute atomic E-state index is 12.9. The molecule has 0 aromatic carbocycles. The average Bonchev–Trinajstić information content (AvgIpc) is 2.99. The summed E-state index contributed by atoms with van der Waals surface area (Å²) < 4.78 is 30.5. The quantitative estimate of drug-likeness (QED) is 0.823. The van der Waals surface area contributed by atoms with Crippen LogP contribution in [0, 0.1) is 6.92 Å². The van der Waals surface area contributed by atoms with Crippen LogP contribution in [0.2, 0.25) is 0 Å². The molecule has 0 bridgehead atoms. The van der Waals surface area contributed by atoms with E-state index in [4.69, 9.17) is 0 Å². The molecule has 0 amide bonds. The Hall–Kier alpha value is -1.93. The minimum absolute atomic E-state index is 0.0323. The summed E-state index contributed by atoms with van der Waals surface area (Å²) in [6.07, 6.45) is 4.81. The summed E-state index contributed by atoms with van der Waals surface area (Å²) >= 11 is 0. The summed E-state index contributed by atoms with van der Waals surface area (Å²) in [5.41, 5.74) is 1.50. The average molecular weight is 364 g/mol. The van der Waals surface area contributed by atoms with Gasteiger partial charge in [-0.15, -0.1) is 0 Å². The number of nitrogens with zero attached hydrogens (tertiary/aromatic N) is 4. The molecule has 0 N–H and O–H groups in total. The third kappa shape index (κ3) is 3.41. The first kappa shape index (κ1) is 17.9. The van der Waals surface area contributed by atoms with Gasteiger partial charge >= 0.3 is 0 Å². The Labute approximate surface area is 147 Å². The van der Waals surface area contributed by atoms with E-state index in [2.05, 4.69) is 5.10 Å². The van der Waals surface area contributed by atoms with Crippen LogP contribution in [0.25, 0.3) is 0 Å². The first-order valence-corrected chi connectivity index (χ1v) is 9.97. The van der Waals surface area contributed by atoms with Gasteiger partial charge in [0.25, 0.3) is 5.56 Å². The van der Waals surface area contributed by atoms with Crippen LogP contribution >= 0.6 is 0 Å². The molecule has 1 saturated heterocycles. The number of aromatic nitrogens is 3. The fourth-order valence-electron chi connectivity index (χ4n) is 3.30. The third-order valence-electron chi connectivity index (χ3n) is 4.90. The van der Waals surface area contributed by atoms with E-state index in [0.717, 1.165) is 5.56 Å². The Morgan fingerprint density at radius 1 is 1.28 bits per heavy atom. The second kappa shape index (κ2) is 6.76. The zero-order valence-electron chi connectivity index (χ0n) is 14.8. The van der Waals surface area contributed by atoms with Gasteiger partial charge in [0.15, 0.2) is 0 Å². The minimum Gasteiger partial charge on any atom is -0.319 e. The van der Waals surface area contributed by atoms with Crippen LogP contribution in [-0.2, 0) is 23.6 Å². The standard InChI is InChI=1S/C17H24N4O3S/c1-4-20-12-16(13(2)18-20)25(23,24)21-9-6-14(7-10-21)15-5-8-19(3)17(22)11-15/h5,8,11-12,14H,4,6-7,9-10H2,1-3H3. The summed E-state index contributed by atoms with van der Waals surface area (Å²) in [5, 5.41) is 4.24. The SMILES string of the molecule is CCn1cc(S(=O)(=O)N2CCC(c3ccn(C)c(=O)c3)CC2)c(C)n1. The molecule has 2 aromatic rings. The molecule has 8 heteroatoms. The summed E-state index contributed by atoms with van der Waals surface area (Å²) in [7, 11) is -1.80. The van der Waals surface area contributed by atoms with E-state index in [-0.39, 0.29) is 11.5 Å². The smallest absolute Gasteiger partial charge is 0.250 e. The van der Waals surface area contributed by atoms with E-state index in [9.17, 15) is 13.2 Å². The lowest BCUT2D eigenvalue weighted by molar-refractivity contribution is 0.319. The van der Waals surface area contributed by atoms with Crippen LogP contribution in [0.5, 0.6) is 0 Å². The lowest BCUT2D eigenvalue weighted by Gasteiger charge is -2.31. The maximum Gasteiger partial charge on any atom is 0.250 e. The number of rotatable bonds is 4. The highest BCUT2D eigenvalue weighted by Crippen LogP contribution is 2.30. The van der Waals surface area contributed by atoms with Gasteiger partial charge in [-0.25, -0.2) is 8.42 Å². The van der Waals surface area contributed by atoms with E-state index >= 15 is 0 Å². The van der Waals surface area contributed by atoms with Gasteiger partial charge in [-0.3, -0.25) is 9.48 Å². The predicted octanol–water partition coefficient (Wildman–Crippen LogP) is 1.48. The predicted molar refractivity (Wildman–Crippen MR) is 95.1 cm³/mol. The number of hydrogen-bond acceptors (Lipinski definition) is 4. The lowest BCUT2D eigenvalue weighted by atomic mass is 9.91. The van der Waals surface area contributed by atoms with Crippen LogP contribution in [0.15, 0.2) is 34.2 Å². The molecular weight excluding hydrogens is 340 g/mol. The summed E-state index contributed by atoms with van der Waals surface area (Å²) in [6, 6.07) is 3.61. The van der Waals surface area contributed by atoms with E-state index in [1.54, 1.807) is 37.1 Å². The van der Waals surface area contributed by atoms with Crippen molar-refractivity contribution in [3.63, 3.8) is 0 Å². The molecule has 25 heavy (non-hydrogen) atoms. The number of aryl methyl sites for hydroxylation is 3. The maximum atomic E-state index is 12.9. The first-order chi connectivity index (χ1) is 11.8. The zero-order valence-corrected chi connectivity index (χ0v) is 15.7. The van der Waals surface area contributed by atoms with E-state index in [1.807, 2.05) is 13.0 Å². The number of sulfonamides is 1. The van der Waals surface area contributed by atoms with Gasteiger partial charge in [-0.05, 0) is 44.2 Å². The summed E-state index contributed by atoms with van der Waals surface area (Å²) in [5.74, 6) is 0.222. The molecule has 3 rings (SSSR count). The first-order valence-electron chi connectivity index (χ1n) is 8.53. The van der Waals surface area contributed by atoms with E-state index in [0.29, 0.717) is 43.1 Å². The molecule has 1 aliphatic rings. The van der Waals surface area contributed by atoms with Gasteiger partial charge in [-0.2, -0.15) is 9.40 Å². The third-order valence-corrected chi connectivity index (χ3v) is 6.90. The molecule has 2 aromatic heterocycles. The normalized spacial score (nSPS) is 17.1. The van der Waals surface area contributed by atoms with Crippen molar-refractivity contribution < 1.29 is 8.42 Å². The van der Waals surface area contributed by atoms with Gasteiger partial charge in [0.2, 0.25) is 10.0 Å². The molecule has 1 aliphatic heterocycles. The Morgan fingerprint density at radius 3 is 2.52 bits per heavy atom. The molecular formula is C17H24N4O3S. The van der Waals surface area contributed by atoms with Crippen molar-refractivity contribution in [3.8, 4) is 0 Å². The molecule has 0 aliphatic carbocycles. The Balaban J connectivity index is 1.75. The van der Waals surface area contributed by atoms with Crippen LogP contribution in [0.3, 0.4) is 0 Å². The lowest BCUT2D eigenvalue weighted by Crippen LogP contribution is -2.38. The highest BCUT2D eigenvalue weighted by molar-refractivity contribution is 7.89. The zero-order chi connectivity index (χ0) is 18.2. The second-order valence-electron chi connectivity index (χ2n) is 6.52. The minimum atomic E-state index is -3.52. The molecule has 3 heterocycles. The molecule has 0 radical (unpaired) electrons. The highest BCUT2D eigenvalue weighted by Gasteiger charge is 2.32. The van der Waals surface area contributed by atoms with Crippen molar-refractivity contribution in [1.29, 1.82) is 0 Å². The van der Waals surface area contributed by atoms with Gasteiger partial charge in [-0.1, -0.05) is 0 Å². The van der Waals surface area contributed by atoms with Crippen molar-refractivity contribution in [2.75, 3.05) is 13.1 Å². The highest BCUT2D eigenvalue weighted by atomic mass is 32.2. The monoisotopic (exact) mass is 364 g/mol. The fraction of sp³-hybridized carbons (Fsp3) is 0.529. The molecule has 0 saturated carbocycles. The van der Waals surface area contributed by atoms with Crippen molar-refractivity contribution in [1.82, 2.24) is 18.7 Å². The van der Waals surface area contributed by atoms with Crippen molar-refractivity contribution in [2.45, 2.75) is 44.0 Å².